The summed E-state index contributed by atoms with van der Waals surface area (Å²) in [5, 5.41) is 22.7. The first kappa shape index (κ1) is 17.2. The van der Waals surface area contributed by atoms with Gasteiger partial charge in [0.05, 0.1) is 24.2 Å². The first-order chi connectivity index (χ1) is 10.0. The molecule has 0 heterocycles. The van der Waals surface area contributed by atoms with Crippen LogP contribution in [-0.2, 0) is 4.74 Å². The minimum atomic E-state index is -0.454. The van der Waals surface area contributed by atoms with Crippen LogP contribution in [0.15, 0.2) is 18.2 Å². The maximum Gasteiger partial charge on any atom is 0.311 e. The normalized spacial score (nSPS) is 10.7. The molecule has 0 saturated heterocycles. The van der Waals surface area contributed by atoms with E-state index >= 15 is 0 Å². The summed E-state index contributed by atoms with van der Waals surface area (Å²) < 4.78 is 10.6. The van der Waals surface area contributed by atoms with Crippen LogP contribution in [0.1, 0.15) is 20.3 Å². The van der Waals surface area contributed by atoms with E-state index < -0.39 is 4.92 Å². The minimum Gasteiger partial charge on any atom is -0.484 e. The highest BCUT2D eigenvalue weighted by Gasteiger charge is 2.16. The molecule has 1 aromatic carbocycles. The molecule has 0 atom stereocenters. The van der Waals surface area contributed by atoms with Gasteiger partial charge in [-0.15, -0.1) is 0 Å². The number of nitro benzene ring substituents is 1. The highest BCUT2D eigenvalue weighted by Crippen LogP contribution is 2.30. The number of aliphatic hydroxyl groups excluding tert-OH is 1. The Morgan fingerprint density at radius 2 is 2.14 bits per heavy atom. The summed E-state index contributed by atoms with van der Waals surface area (Å²) in [7, 11) is 0. The summed E-state index contributed by atoms with van der Waals surface area (Å²) in [6.45, 7) is 5.22. The van der Waals surface area contributed by atoms with Crippen molar-refractivity contribution < 1.29 is 19.5 Å². The van der Waals surface area contributed by atoms with Gasteiger partial charge in [0.15, 0.2) is 5.75 Å². The lowest BCUT2D eigenvalue weighted by molar-refractivity contribution is -0.386. The van der Waals surface area contributed by atoms with Crippen LogP contribution in [-0.4, -0.2) is 42.5 Å². The number of benzene rings is 1. The summed E-state index contributed by atoms with van der Waals surface area (Å²) in [6, 6.07) is 4.72. The van der Waals surface area contributed by atoms with Crippen molar-refractivity contribution in [1.82, 2.24) is 0 Å². The molecule has 1 aromatic rings. The van der Waals surface area contributed by atoms with Crippen LogP contribution in [0.2, 0.25) is 0 Å². The molecule has 0 aromatic heterocycles. The zero-order chi connectivity index (χ0) is 15.7. The van der Waals surface area contributed by atoms with E-state index in [4.69, 9.17) is 14.6 Å². The second-order valence-corrected chi connectivity index (χ2v) is 4.72. The van der Waals surface area contributed by atoms with E-state index in [-0.39, 0.29) is 24.1 Å². The quantitative estimate of drug-likeness (QED) is 0.391. The molecule has 7 nitrogen and oxygen atoms in total. The van der Waals surface area contributed by atoms with E-state index in [2.05, 4.69) is 5.32 Å². The third-order valence-corrected chi connectivity index (χ3v) is 2.55. The zero-order valence-corrected chi connectivity index (χ0v) is 12.4. The van der Waals surface area contributed by atoms with Gasteiger partial charge in [0, 0.05) is 31.0 Å². The fourth-order valence-corrected chi connectivity index (χ4v) is 1.70. The maximum absolute atomic E-state index is 10.9. The standard InChI is InChI=1S/C14H22N2O5/c1-11(2)21-14-10-12(4-5-13(14)16(18)19)15-6-3-8-20-9-7-17/h4-5,10-11,15,17H,3,6-9H2,1-2H3. The molecule has 1 rings (SSSR count). The van der Waals surface area contributed by atoms with Gasteiger partial charge in [-0.2, -0.15) is 0 Å². The van der Waals surface area contributed by atoms with Crippen molar-refractivity contribution in [2.45, 2.75) is 26.4 Å². The highest BCUT2D eigenvalue weighted by atomic mass is 16.6. The number of hydrogen-bond donors (Lipinski definition) is 2. The van der Waals surface area contributed by atoms with Crippen molar-refractivity contribution in [2.75, 3.05) is 31.7 Å². The molecular weight excluding hydrogens is 276 g/mol. The van der Waals surface area contributed by atoms with Crippen molar-refractivity contribution in [1.29, 1.82) is 0 Å². The predicted octanol–water partition coefficient (Wildman–Crippen LogP) is 2.19. The van der Waals surface area contributed by atoms with Gasteiger partial charge in [-0.05, 0) is 26.3 Å². The topological polar surface area (TPSA) is 93.9 Å². The third kappa shape index (κ3) is 6.42. The van der Waals surface area contributed by atoms with E-state index in [9.17, 15) is 10.1 Å². The molecule has 0 saturated carbocycles. The van der Waals surface area contributed by atoms with Crippen molar-refractivity contribution in [3.63, 3.8) is 0 Å². The minimum absolute atomic E-state index is 0.0195. The van der Waals surface area contributed by atoms with Gasteiger partial charge < -0.3 is 19.9 Å². The van der Waals surface area contributed by atoms with Crippen LogP contribution >= 0.6 is 0 Å². The van der Waals surface area contributed by atoms with Gasteiger partial charge in [0.2, 0.25) is 0 Å². The lowest BCUT2D eigenvalue weighted by Gasteiger charge is -2.12. The number of nitrogens with one attached hydrogen (secondary N) is 1. The number of anilines is 1. The molecule has 118 valence electrons. The second-order valence-electron chi connectivity index (χ2n) is 4.72. The van der Waals surface area contributed by atoms with Crippen molar-refractivity contribution in [3.8, 4) is 5.75 Å². The number of rotatable bonds is 10. The van der Waals surface area contributed by atoms with Crippen molar-refractivity contribution >= 4 is 11.4 Å². The first-order valence-corrected chi connectivity index (χ1v) is 6.92. The Morgan fingerprint density at radius 1 is 1.38 bits per heavy atom. The molecule has 0 radical (unpaired) electrons. The third-order valence-electron chi connectivity index (χ3n) is 2.55. The lowest BCUT2D eigenvalue weighted by Crippen LogP contribution is -2.09. The predicted molar refractivity (Wildman–Crippen MR) is 79.9 cm³/mol. The van der Waals surface area contributed by atoms with E-state index in [1.54, 1.807) is 12.1 Å². The van der Waals surface area contributed by atoms with E-state index in [0.717, 1.165) is 12.1 Å². The van der Waals surface area contributed by atoms with Gasteiger partial charge in [-0.1, -0.05) is 0 Å². The molecule has 0 bridgehead atoms. The SMILES string of the molecule is CC(C)Oc1cc(NCCCOCCO)ccc1[N+](=O)[O-]. The Balaban J connectivity index is 2.57. The molecule has 0 spiro atoms. The summed E-state index contributed by atoms with van der Waals surface area (Å²) in [5.74, 6) is 0.261. The Hall–Kier alpha value is -1.86. The van der Waals surface area contributed by atoms with Crippen LogP contribution in [0.3, 0.4) is 0 Å². The molecule has 0 aliphatic heterocycles. The monoisotopic (exact) mass is 298 g/mol. The van der Waals surface area contributed by atoms with E-state index in [1.807, 2.05) is 13.8 Å². The molecule has 7 heteroatoms. The maximum atomic E-state index is 10.9. The number of nitro groups is 1. The van der Waals surface area contributed by atoms with Gasteiger partial charge >= 0.3 is 5.69 Å². The number of nitrogens with zero attached hydrogens (tertiary/aromatic N) is 1. The van der Waals surface area contributed by atoms with Gasteiger partial charge in [0.1, 0.15) is 0 Å². The summed E-state index contributed by atoms with van der Waals surface area (Å²) in [6.07, 6.45) is 0.642. The number of aliphatic hydroxyl groups is 1. The molecule has 21 heavy (non-hydrogen) atoms. The largest absolute Gasteiger partial charge is 0.484 e. The molecule has 0 fully saturated rings. The van der Waals surface area contributed by atoms with E-state index in [1.165, 1.54) is 6.07 Å². The van der Waals surface area contributed by atoms with Crippen molar-refractivity contribution in [3.05, 3.63) is 28.3 Å². The van der Waals surface area contributed by atoms with E-state index in [0.29, 0.717) is 19.8 Å². The van der Waals surface area contributed by atoms with Crippen molar-refractivity contribution in [2.24, 2.45) is 0 Å². The molecule has 2 N–H and O–H groups in total. The number of ether oxygens (including phenoxy) is 2. The summed E-state index contributed by atoms with van der Waals surface area (Å²) >= 11 is 0. The summed E-state index contributed by atoms with van der Waals surface area (Å²) in [4.78, 5) is 10.5. The van der Waals surface area contributed by atoms with Crippen LogP contribution in [0.5, 0.6) is 5.75 Å². The van der Waals surface area contributed by atoms with Gasteiger partial charge in [-0.25, -0.2) is 0 Å². The Kier molecular flexibility index (Phi) is 7.49. The zero-order valence-electron chi connectivity index (χ0n) is 12.4. The fraction of sp³-hybridized carbons (Fsp3) is 0.571. The Labute approximate surface area is 124 Å². The Morgan fingerprint density at radius 3 is 2.76 bits per heavy atom. The van der Waals surface area contributed by atoms with Crippen LogP contribution in [0.4, 0.5) is 11.4 Å². The first-order valence-electron chi connectivity index (χ1n) is 6.92. The Bertz CT molecular complexity index is 451. The summed E-state index contributed by atoms with van der Waals surface area (Å²) in [5.41, 5.74) is 0.721. The molecule has 0 aliphatic carbocycles. The number of hydrogen-bond acceptors (Lipinski definition) is 6. The molecular formula is C14H22N2O5. The van der Waals surface area contributed by atoms with Crippen LogP contribution in [0, 0.1) is 10.1 Å². The van der Waals surface area contributed by atoms with Gasteiger partial charge in [-0.3, -0.25) is 10.1 Å². The average Bonchev–Trinajstić information content (AvgIpc) is 2.42. The van der Waals surface area contributed by atoms with Gasteiger partial charge in [0.25, 0.3) is 0 Å². The molecule has 0 amide bonds. The van der Waals surface area contributed by atoms with Crippen LogP contribution < -0.4 is 10.1 Å². The molecule has 0 unspecified atom stereocenters. The molecule has 0 aliphatic rings. The second kappa shape index (κ2) is 9.15. The lowest BCUT2D eigenvalue weighted by atomic mass is 10.2. The highest BCUT2D eigenvalue weighted by molar-refractivity contribution is 5.58. The smallest absolute Gasteiger partial charge is 0.311 e. The van der Waals surface area contributed by atoms with Crippen LogP contribution in [0.25, 0.3) is 0 Å². The fourth-order valence-electron chi connectivity index (χ4n) is 1.70. The average molecular weight is 298 g/mol.